The van der Waals surface area contributed by atoms with E-state index in [1.165, 1.54) is 59.5 Å². The van der Waals surface area contributed by atoms with Crippen LogP contribution in [0.3, 0.4) is 0 Å². The number of hydrogen-bond acceptors (Lipinski definition) is 4. The summed E-state index contributed by atoms with van der Waals surface area (Å²) in [7, 11) is -4.04. The van der Waals surface area contributed by atoms with Crippen LogP contribution in [-0.2, 0) is 16.2 Å². The third-order valence-electron chi connectivity index (χ3n) is 4.67. The van der Waals surface area contributed by atoms with Gasteiger partial charge < -0.3 is 4.74 Å². The molecule has 0 aliphatic heterocycles. The van der Waals surface area contributed by atoms with Crippen molar-refractivity contribution in [3.05, 3.63) is 92.6 Å². The van der Waals surface area contributed by atoms with Gasteiger partial charge in [-0.25, -0.2) is 13.1 Å². The van der Waals surface area contributed by atoms with Crippen molar-refractivity contribution in [1.29, 1.82) is 0 Å². The summed E-state index contributed by atoms with van der Waals surface area (Å²) < 4.78 is 73.9. The molecule has 6 nitrogen and oxygen atoms in total. The number of halogens is 7. The lowest BCUT2D eigenvalue weighted by atomic mass is 10.2. The maximum Gasteiger partial charge on any atom is 0.417 e. The standard InChI is InChI=1S/C22H12Cl4F3N3O3S/c23-12-1-6-21(19(26)7-12)36(33,34)31-13-2-5-20(18(25)8-13)35-15-10-30-32(11-15)14-3-4-17(24)16(9-14)22(27,28)29/h1-11,31H. The van der Waals surface area contributed by atoms with E-state index in [1.54, 1.807) is 0 Å². The zero-order valence-electron chi connectivity index (χ0n) is 17.5. The number of benzene rings is 3. The minimum absolute atomic E-state index is 0.0519. The Balaban J connectivity index is 1.52. The van der Waals surface area contributed by atoms with E-state index in [0.717, 1.165) is 12.1 Å². The van der Waals surface area contributed by atoms with Crippen LogP contribution in [0.2, 0.25) is 20.1 Å². The van der Waals surface area contributed by atoms with Gasteiger partial charge in [0.25, 0.3) is 10.0 Å². The fourth-order valence-electron chi connectivity index (χ4n) is 3.05. The van der Waals surface area contributed by atoms with E-state index >= 15 is 0 Å². The summed E-state index contributed by atoms with van der Waals surface area (Å²) in [5.74, 6) is 0.317. The number of nitrogens with zero attached hydrogens (tertiary/aromatic N) is 2. The Morgan fingerprint density at radius 3 is 2.31 bits per heavy atom. The summed E-state index contributed by atoms with van der Waals surface area (Å²) in [4.78, 5) is -0.173. The maximum absolute atomic E-state index is 13.1. The summed E-state index contributed by atoms with van der Waals surface area (Å²) in [6.45, 7) is 0. The first-order chi connectivity index (χ1) is 16.8. The number of sulfonamides is 1. The second kappa shape index (κ2) is 10.0. The summed E-state index contributed by atoms with van der Waals surface area (Å²) in [5.41, 5.74) is -0.756. The SMILES string of the molecule is O=S(=O)(Nc1ccc(Oc2cnn(-c3ccc(Cl)c(C(F)(F)F)c3)c2)c(Cl)c1)c1ccc(Cl)cc1Cl. The summed E-state index contributed by atoms with van der Waals surface area (Å²) in [6, 6.07) is 11.4. The number of anilines is 1. The van der Waals surface area contributed by atoms with Crippen molar-refractivity contribution in [1.82, 2.24) is 9.78 Å². The lowest BCUT2D eigenvalue weighted by Gasteiger charge is -2.12. The van der Waals surface area contributed by atoms with E-state index in [4.69, 9.17) is 51.1 Å². The molecule has 3 aromatic carbocycles. The first-order valence-corrected chi connectivity index (χ1v) is 12.7. The van der Waals surface area contributed by atoms with Crippen LogP contribution in [0.5, 0.6) is 11.5 Å². The summed E-state index contributed by atoms with van der Waals surface area (Å²) >= 11 is 23.7. The van der Waals surface area contributed by atoms with Gasteiger partial charge in [-0.15, -0.1) is 0 Å². The van der Waals surface area contributed by atoms with Gasteiger partial charge in [0.2, 0.25) is 0 Å². The second-order valence-electron chi connectivity index (χ2n) is 7.21. The average Bonchev–Trinajstić information content (AvgIpc) is 3.23. The predicted molar refractivity (Wildman–Crippen MR) is 132 cm³/mol. The van der Waals surface area contributed by atoms with Crippen molar-refractivity contribution in [3.63, 3.8) is 0 Å². The second-order valence-corrected chi connectivity index (χ2v) is 10.5. The number of rotatable bonds is 6. The first kappa shape index (κ1) is 26.4. The number of hydrogen-bond donors (Lipinski definition) is 1. The minimum atomic E-state index is -4.63. The molecule has 0 unspecified atom stereocenters. The van der Waals surface area contributed by atoms with Crippen molar-refractivity contribution < 1.29 is 26.3 Å². The first-order valence-electron chi connectivity index (χ1n) is 9.70. The van der Waals surface area contributed by atoms with E-state index in [9.17, 15) is 21.6 Å². The minimum Gasteiger partial charge on any atom is -0.452 e. The molecular formula is C22H12Cl4F3N3O3S. The van der Waals surface area contributed by atoms with Crippen LogP contribution < -0.4 is 9.46 Å². The molecule has 188 valence electrons. The Morgan fingerprint density at radius 2 is 1.64 bits per heavy atom. The van der Waals surface area contributed by atoms with Gasteiger partial charge in [-0.1, -0.05) is 46.4 Å². The molecule has 4 aromatic rings. The molecule has 4 rings (SSSR count). The Morgan fingerprint density at radius 1 is 0.889 bits per heavy atom. The molecule has 0 spiro atoms. The quantitative estimate of drug-likeness (QED) is 0.244. The van der Waals surface area contributed by atoms with Gasteiger partial charge >= 0.3 is 6.18 Å². The van der Waals surface area contributed by atoms with Crippen molar-refractivity contribution in [2.24, 2.45) is 0 Å². The normalized spacial score (nSPS) is 12.0. The molecule has 0 aliphatic carbocycles. The van der Waals surface area contributed by atoms with E-state index in [-0.39, 0.29) is 42.8 Å². The van der Waals surface area contributed by atoms with Crippen LogP contribution in [0.4, 0.5) is 18.9 Å². The highest BCUT2D eigenvalue weighted by atomic mass is 35.5. The Labute approximate surface area is 223 Å². The Bertz CT molecular complexity index is 1560. The topological polar surface area (TPSA) is 73.2 Å². The van der Waals surface area contributed by atoms with Crippen LogP contribution in [0.1, 0.15) is 5.56 Å². The number of nitrogens with one attached hydrogen (secondary N) is 1. The molecule has 0 atom stereocenters. The zero-order valence-corrected chi connectivity index (χ0v) is 21.4. The summed E-state index contributed by atoms with van der Waals surface area (Å²) in [6.07, 6.45) is -2.01. The maximum atomic E-state index is 13.1. The van der Waals surface area contributed by atoms with Crippen LogP contribution in [0, 0.1) is 0 Å². The molecule has 0 saturated carbocycles. The lowest BCUT2D eigenvalue weighted by molar-refractivity contribution is -0.137. The van der Waals surface area contributed by atoms with E-state index < -0.39 is 26.8 Å². The highest BCUT2D eigenvalue weighted by molar-refractivity contribution is 7.92. The fourth-order valence-corrected chi connectivity index (χ4v) is 5.32. The molecule has 0 amide bonds. The van der Waals surface area contributed by atoms with E-state index in [1.807, 2.05) is 0 Å². The number of aromatic nitrogens is 2. The molecule has 1 N–H and O–H groups in total. The van der Waals surface area contributed by atoms with E-state index in [0.29, 0.717) is 0 Å². The third kappa shape index (κ3) is 5.84. The molecule has 0 bridgehead atoms. The van der Waals surface area contributed by atoms with Gasteiger partial charge in [0.15, 0.2) is 5.75 Å². The van der Waals surface area contributed by atoms with Crippen LogP contribution in [-0.4, -0.2) is 18.2 Å². The highest BCUT2D eigenvalue weighted by Crippen LogP contribution is 2.37. The third-order valence-corrected chi connectivity index (χ3v) is 7.40. The predicted octanol–water partition coefficient (Wildman–Crippen LogP) is 8.10. The number of ether oxygens (including phenoxy) is 1. The molecule has 14 heteroatoms. The van der Waals surface area contributed by atoms with Crippen LogP contribution >= 0.6 is 46.4 Å². The monoisotopic (exact) mass is 595 g/mol. The van der Waals surface area contributed by atoms with Crippen molar-refractivity contribution in [3.8, 4) is 17.2 Å². The van der Waals surface area contributed by atoms with Crippen molar-refractivity contribution in [2.75, 3.05) is 4.72 Å². The molecule has 36 heavy (non-hydrogen) atoms. The zero-order chi connectivity index (χ0) is 26.3. The van der Waals surface area contributed by atoms with Gasteiger partial charge in [-0.3, -0.25) is 4.72 Å². The molecular weight excluding hydrogens is 585 g/mol. The molecule has 1 heterocycles. The van der Waals surface area contributed by atoms with Gasteiger partial charge in [0.1, 0.15) is 10.6 Å². The van der Waals surface area contributed by atoms with Gasteiger partial charge in [-0.05, 0) is 54.6 Å². The highest BCUT2D eigenvalue weighted by Gasteiger charge is 2.33. The lowest BCUT2D eigenvalue weighted by Crippen LogP contribution is -2.13. The van der Waals surface area contributed by atoms with Crippen LogP contribution in [0.25, 0.3) is 5.69 Å². The van der Waals surface area contributed by atoms with Crippen molar-refractivity contribution >= 4 is 62.1 Å². The van der Waals surface area contributed by atoms with Crippen molar-refractivity contribution in [2.45, 2.75) is 11.1 Å². The number of alkyl halides is 3. The van der Waals surface area contributed by atoms with Gasteiger partial charge in [0, 0.05) is 5.02 Å². The Hall–Kier alpha value is -2.63. The molecule has 1 aromatic heterocycles. The van der Waals surface area contributed by atoms with Crippen LogP contribution in [0.15, 0.2) is 71.9 Å². The Kier molecular flexibility index (Phi) is 7.36. The average molecular weight is 597 g/mol. The summed E-state index contributed by atoms with van der Waals surface area (Å²) in [5, 5.41) is 3.85. The molecule has 0 fully saturated rings. The molecule has 0 aliphatic rings. The smallest absolute Gasteiger partial charge is 0.417 e. The fraction of sp³-hybridized carbons (Fsp3) is 0.0455. The molecule has 0 saturated heterocycles. The molecule has 0 radical (unpaired) electrons. The van der Waals surface area contributed by atoms with Gasteiger partial charge in [-0.2, -0.15) is 18.3 Å². The van der Waals surface area contributed by atoms with E-state index in [2.05, 4.69) is 9.82 Å². The largest absolute Gasteiger partial charge is 0.452 e. The van der Waals surface area contributed by atoms with Gasteiger partial charge in [0.05, 0.1) is 44.4 Å².